The third kappa shape index (κ3) is 4.47. The second-order valence-corrected chi connectivity index (χ2v) is 6.24. The van der Waals surface area contributed by atoms with Crippen LogP contribution in [0.4, 0.5) is 5.69 Å². The van der Waals surface area contributed by atoms with Crippen LogP contribution >= 0.6 is 0 Å². The Hall–Kier alpha value is -3.28. The van der Waals surface area contributed by atoms with Crippen LogP contribution in [0.25, 0.3) is 0 Å². The summed E-state index contributed by atoms with van der Waals surface area (Å²) in [5, 5.41) is 2.89. The lowest BCUT2D eigenvalue weighted by Gasteiger charge is -2.27. The minimum absolute atomic E-state index is 0.178. The molecule has 6 nitrogen and oxygen atoms in total. The van der Waals surface area contributed by atoms with E-state index in [4.69, 9.17) is 9.47 Å². The standard InChI is InChI=1S/C21H22N2O4/c1-15(23(2)21(25)19-14-26-11-12-27-19)17-9-6-10-18(13-17)22-20(24)16-7-4-3-5-8-16/h3-10,13-15H,11-12H2,1-2H3,(H,22,24)/t15-/m1/s1. The lowest BCUT2D eigenvalue weighted by atomic mass is 10.1. The normalized spacial score (nSPS) is 14.2. The molecule has 0 radical (unpaired) electrons. The lowest BCUT2D eigenvalue weighted by Crippen LogP contribution is -2.33. The first-order valence-electron chi connectivity index (χ1n) is 8.74. The van der Waals surface area contributed by atoms with E-state index in [1.54, 1.807) is 24.1 Å². The monoisotopic (exact) mass is 366 g/mol. The van der Waals surface area contributed by atoms with E-state index >= 15 is 0 Å². The third-order valence-corrected chi connectivity index (χ3v) is 4.42. The molecule has 0 bridgehead atoms. The molecular formula is C21H22N2O4. The van der Waals surface area contributed by atoms with Crippen molar-refractivity contribution in [3.05, 3.63) is 77.7 Å². The summed E-state index contributed by atoms with van der Waals surface area (Å²) in [7, 11) is 1.71. The molecule has 3 rings (SSSR count). The molecule has 1 aliphatic rings. The molecule has 2 amide bonds. The molecule has 0 spiro atoms. The van der Waals surface area contributed by atoms with Crippen molar-refractivity contribution in [2.45, 2.75) is 13.0 Å². The molecule has 1 aliphatic heterocycles. The van der Waals surface area contributed by atoms with Crippen molar-refractivity contribution in [1.82, 2.24) is 4.90 Å². The number of benzene rings is 2. The highest BCUT2D eigenvalue weighted by Gasteiger charge is 2.24. The van der Waals surface area contributed by atoms with Gasteiger partial charge >= 0.3 is 0 Å². The molecule has 140 valence electrons. The number of ether oxygens (including phenoxy) is 2. The Balaban J connectivity index is 1.71. The molecule has 2 aromatic rings. The number of hydrogen-bond donors (Lipinski definition) is 1. The van der Waals surface area contributed by atoms with Gasteiger partial charge in [0.25, 0.3) is 11.8 Å². The minimum atomic E-state index is -0.249. The number of carbonyl (C=O) groups is 2. The van der Waals surface area contributed by atoms with E-state index < -0.39 is 0 Å². The summed E-state index contributed by atoms with van der Waals surface area (Å²) in [5.74, 6) is -0.229. The summed E-state index contributed by atoms with van der Waals surface area (Å²) in [6.07, 6.45) is 1.35. The first-order chi connectivity index (χ1) is 13.1. The first kappa shape index (κ1) is 18.5. The van der Waals surface area contributed by atoms with Gasteiger partial charge < -0.3 is 19.7 Å². The highest BCUT2D eigenvalue weighted by molar-refractivity contribution is 6.04. The fraction of sp³-hybridized carbons (Fsp3) is 0.238. The van der Waals surface area contributed by atoms with Crippen LogP contribution in [-0.4, -0.2) is 37.0 Å². The molecular weight excluding hydrogens is 344 g/mol. The van der Waals surface area contributed by atoms with E-state index in [-0.39, 0.29) is 23.6 Å². The second-order valence-electron chi connectivity index (χ2n) is 6.24. The van der Waals surface area contributed by atoms with Gasteiger partial charge in [-0.15, -0.1) is 0 Å². The van der Waals surface area contributed by atoms with Crippen molar-refractivity contribution in [1.29, 1.82) is 0 Å². The summed E-state index contributed by atoms with van der Waals surface area (Å²) in [5.41, 5.74) is 2.16. The number of amides is 2. The Morgan fingerprint density at radius 3 is 2.56 bits per heavy atom. The van der Waals surface area contributed by atoms with Gasteiger partial charge in [0.2, 0.25) is 5.76 Å². The van der Waals surface area contributed by atoms with E-state index in [9.17, 15) is 9.59 Å². The van der Waals surface area contributed by atoms with Crippen molar-refractivity contribution in [2.75, 3.05) is 25.6 Å². The lowest BCUT2D eigenvalue weighted by molar-refractivity contribution is -0.132. The molecule has 6 heteroatoms. The van der Waals surface area contributed by atoms with Crippen LogP contribution in [0.2, 0.25) is 0 Å². The van der Waals surface area contributed by atoms with E-state index in [1.807, 2.05) is 49.4 Å². The number of nitrogens with zero attached hydrogens (tertiary/aromatic N) is 1. The fourth-order valence-electron chi connectivity index (χ4n) is 2.72. The number of carbonyl (C=O) groups excluding carboxylic acids is 2. The molecule has 0 unspecified atom stereocenters. The SMILES string of the molecule is C[C@H](c1cccc(NC(=O)c2ccccc2)c1)N(C)C(=O)C1=COCCO1. The summed E-state index contributed by atoms with van der Waals surface area (Å²) >= 11 is 0. The Morgan fingerprint density at radius 2 is 1.85 bits per heavy atom. The van der Waals surface area contributed by atoms with Gasteiger partial charge in [-0.3, -0.25) is 9.59 Å². The molecule has 2 aromatic carbocycles. The van der Waals surface area contributed by atoms with E-state index in [1.165, 1.54) is 6.26 Å². The zero-order valence-electron chi connectivity index (χ0n) is 15.3. The van der Waals surface area contributed by atoms with E-state index in [0.29, 0.717) is 24.5 Å². The molecule has 0 saturated heterocycles. The summed E-state index contributed by atoms with van der Waals surface area (Å²) in [6.45, 7) is 2.72. The Bertz CT molecular complexity index is 848. The number of nitrogens with one attached hydrogen (secondary N) is 1. The zero-order chi connectivity index (χ0) is 19.2. The van der Waals surface area contributed by atoms with Gasteiger partial charge in [-0.2, -0.15) is 0 Å². The molecule has 1 atom stereocenters. The fourth-order valence-corrected chi connectivity index (χ4v) is 2.72. The van der Waals surface area contributed by atoms with Gasteiger partial charge in [0.1, 0.15) is 19.5 Å². The molecule has 27 heavy (non-hydrogen) atoms. The smallest absolute Gasteiger partial charge is 0.292 e. The van der Waals surface area contributed by atoms with Crippen molar-refractivity contribution in [3.8, 4) is 0 Å². The van der Waals surface area contributed by atoms with Gasteiger partial charge in [0, 0.05) is 18.3 Å². The molecule has 0 fully saturated rings. The van der Waals surface area contributed by atoms with Gasteiger partial charge in [0.05, 0.1) is 6.04 Å². The Morgan fingerprint density at radius 1 is 1.07 bits per heavy atom. The van der Waals surface area contributed by atoms with E-state index in [2.05, 4.69) is 5.32 Å². The maximum absolute atomic E-state index is 12.5. The largest absolute Gasteiger partial charge is 0.494 e. The van der Waals surface area contributed by atoms with Crippen molar-refractivity contribution in [3.63, 3.8) is 0 Å². The summed E-state index contributed by atoms with van der Waals surface area (Å²) in [6, 6.07) is 16.3. The number of anilines is 1. The van der Waals surface area contributed by atoms with Crippen LogP contribution in [-0.2, 0) is 14.3 Å². The molecule has 0 aliphatic carbocycles. The summed E-state index contributed by atoms with van der Waals surface area (Å²) < 4.78 is 10.5. The average molecular weight is 366 g/mol. The molecule has 1 N–H and O–H groups in total. The van der Waals surface area contributed by atoms with Gasteiger partial charge in [-0.1, -0.05) is 30.3 Å². The second kappa shape index (κ2) is 8.40. The first-order valence-corrected chi connectivity index (χ1v) is 8.74. The maximum Gasteiger partial charge on any atom is 0.292 e. The average Bonchev–Trinajstić information content (AvgIpc) is 2.73. The number of rotatable bonds is 5. The van der Waals surface area contributed by atoms with Crippen LogP contribution in [0.3, 0.4) is 0 Å². The number of hydrogen-bond acceptors (Lipinski definition) is 4. The Kier molecular flexibility index (Phi) is 5.76. The van der Waals surface area contributed by atoms with Crippen LogP contribution in [0.15, 0.2) is 66.6 Å². The quantitative estimate of drug-likeness (QED) is 0.881. The molecule has 0 aromatic heterocycles. The highest BCUT2D eigenvalue weighted by Crippen LogP contribution is 2.24. The van der Waals surface area contributed by atoms with Crippen LogP contribution in [0, 0.1) is 0 Å². The van der Waals surface area contributed by atoms with Gasteiger partial charge in [-0.25, -0.2) is 0 Å². The van der Waals surface area contributed by atoms with Crippen LogP contribution in [0.1, 0.15) is 28.9 Å². The van der Waals surface area contributed by atoms with Gasteiger partial charge in [-0.05, 0) is 36.8 Å². The van der Waals surface area contributed by atoms with Crippen LogP contribution < -0.4 is 5.32 Å². The molecule has 0 saturated carbocycles. The minimum Gasteiger partial charge on any atom is -0.494 e. The zero-order valence-corrected chi connectivity index (χ0v) is 15.3. The maximum atomic E-state index is 12.5. The molecule has 1 heterocycles. The van der Waals surface area contributed by atoms with Crippen molar-refractivity contribution >= 4 is 17.5 Å². The van der Waals surface area contributed by atoms with E-state index in [0.717, 1.165) is 5.56 Å². The topological polar surface area (TPSA) is 67.9 Å². The van der Waals surface area contributed by atoms with Gasteiger partial charge in [0.15, 0.2) is 0 Å². The highest BCUT2D eigenvalue weighted by atomic mass is 16.6. The predicted molar refractivity (Wildman–Crippen MR) is 102 cm³/mol. The van der Waals surface area contributed by atoms with Crippen LogP contribution in [0.5, 0.6) is 0 Å². The van der Waals surface area contributed by atoms with Crippen molar-refractivity contribution in [2.24, 2.45) is 0 Å². The predicted octanol–water partition coefficient (Wildman–Crippen LogP) is 3.35. The van der Waals surface area contributed by atoms with Crippen molar-refractivity contribution < 1.29 is 19.1 Å². The Labute approximate surface area is 158 Å². The summed E-state index contributed by atoms with van der Waals surface area (Å²) in [4.78, 5) is 26.5. The third-order valence-electron chi connectivity index (χ3n) is 4.42. The number of likely N-dealkylation sites (N-methyl/N-ethyl adjacent to an activating group) is 1.